The van der Waals surface area contributed by atoms with Crippen LogP contribution in [0.5, 0.6) is 0 Å². The lowest BCUT2D eigenvalue weighted by atomic mass is 9.98. The van der Waals surface area contributed by atoms with Gasteiger partial charge in [-0.1, -0.05) is 0 Å². The first-order chi connectivity index (χ1) is 10.1. The zero-order chi connectivity index (χ0) is 14.9. The molecule has 4 nitrogen and oxygen atoms in total. The van der Waals surface area contributed by atoms with Gasteiger partial charge >= 0.3 is 0 Å². The highest BCUT2D eigenvalue weighted by atomic mass is 32.2. The number of piperidine rings is 1. The molecule has 1 N–H and O–H groups in total. The molecule has 0 spiro atoms. The van der Waals surface area contributed by atoms with Crippen molar-refractivity contribution in [1.82, 2.24) is 9.62 Å². The summed E-state index contributed by atoms with van der Waals surface area (Å²) in [6.45, 7) is 2.51. The second kappa shape index (κ2) is 6.02. The van der Waals surface area contributed by atoms with E-state index < -0.39 is 15.8 Å². The summed E-state index contributed by atoms with van der Waals surface area (Å²) in [5.41, 5.74) is 0. The van der Waals surface area contributed by atoms with E-state index >= 15 is 0 Å². The Bertz CT molecular complexity index is 578. The maximum atomic E-state index is 13.0. The van der Waals surface area contributed by atoms with Crippen LogP contribution in [0, 0.1) is 11.7 Å². The zero-order valence-electron chi connectivity index (χ0n) is 12.0. The van der Waals surface area contributed by atoms with Crippen molar-refractivity contribution in [2.45, 2.75) is 36.6 Å². The van der Waals surface area contributed by atoms with E-state index in [1.807, 2.05) is 0 Å². The van der Waals surface area contributed by atoms with Gasteiger partial charge in [0.25, 0.3) is 0 Å². The number of nitrogens with zero attached hydrogens (tertiary/aromatic N) is 1. The Balaban J connectivity index is 1.80. The molecule has 1 aliphatic heterocycles. The second-order valence-corrected chi connectivity index (χ2v) is 7.84. The van der Waals surface area contributed by atoms with Gasteiger partial charge in [-0.05, 0) is 69.0 Å². The summed E-state index contributed by atoms with van der Waals surface area (Å²) in [6.07, 6.45) is 3.90. The largest absolute Gasteiger partial charge is 0.317 e. The van der Waals surface area contributed by atoms with Gasteiger partial charge in [0.1, 0.15) is 5.82 Å². The fraction of sp³-hybridized carbons (Fsp3) is 0.600. The fourth-order valence-electron chi connectivity index (χ4n) is 2.87. The summed E-state index contributed by atoms with van der Waals surface area (Å²) < 4.78 is 40.2. The number of hydrogen-bond donors (Lipinski definition) is 1. The zero-order valence-corrected chi connectivity index (χ0v) is 12.8. The third-order valence-corrected chi connectivity index (χ3v) is 6.20. The van der Waals surface area contributed by atoms with Crippen LogP contribution in [0.25, 0.3) is 0 Å². The number of rotatable bonds is 5. The second-order valence-electron chi connectivity index (χ2n) is 5.95. The lowest BCUT2D eigenvalue weighted by molar-refractivity contribution is 0.283. The van der Waals surface area contributed by atoms with Crippen molar-refractivity contribution in [3.8, 4) is 0 Å². The smallest absolute Gasteiger partial charge is 0.243 e. The van der Waals surface area contributed by atoms with E-state index in [0.29, 0.717) is 12.5 Å². The predicted octanol–water partition coefficient (Wildman–Crippen LogP) is 1.98. The minimum atomic E-state index is -3.51. The first-order valence-corrected chi connectivity index (χ1v) is 8.99. The summed E-state index contributed by atoms with van der Waals surface area (Å²) in [6, 6.07) is 5.28. The lowest BCUT2D eigenvalue weighted by Gasteiger charge is -2.29. The molecule has 0 radical (unpaired) electrons. The average molecular weight is 312 g/mol. The van der Waals surface area contributed by atoms with Gasteiger partial charge in [-0.15, -0.1) is 0 Å². The van der Waals surface area contributed by atoms with Crippen LogP contribution in [-0.2, 0) is 10.0 Å². The van der Waals surface area contributed by atoms with E-state index in [0.717, 1.165) is 38.8 Å². The van der Waals surface area contributed by atoms with Gasteiger partial charge < -0.3 is 5.32 Å². The number of benzene rings is 1. The van der Waals surface area contributed by atoms with Crippen molar-refractivity contribution in [2.75, 3.05) is 19.6 Å². The normalized spacial score (nSPS) is 20.9. The van der Waals surface area contributed by atoms with Crippen LogP contribution >= 0.6 is 0 Å². The first-order valence-electron chi connectivity index (χ1n) is 7.55. The quantitative estimate of drug-likeness (QED) is 0.904. The Labute approximate surface area is 125 Å². The molecular weight excluding hydrogens is 291 g/mol. The maximum absolute atomic E-state index is 13.0. The topological polar surface area (TPSA) is 49.4 Å². The molecule has 0 unspecified atom stereocenters. The summed E-state index contributed by atoms with van der Waals surface area (Å²) >= 11 is 0. The van der Waals surface area contributed by atoms with E-state index in [-0.39, 0.29) is 10.9 Å². The first kappa shape index (κ1) is 14.9. The molecule has 0 amide bonds. The van der Waals surface area contributed by atoms with Gasteiger partial charge in [0.15, 0.2) is 0 Å². The maximum Gasteiger partial charge on any atom is 0.243 e. The minimum absolute atomic E-state index is 0.134. The summed E-state index contributed by atoms with van der Waals surface area (Å²) in [4.78, 5) is 0.199. The third-order valence-electron chi connectivity index (χ3n) is 4.27. The van der Waals surface area contributed by atoms with Crippen molar-refractivity contribution >= 4 is 10.0 Å². The summed E-state index contributed by atoms with van der Waals surface area (Å²) in [5.74, 6) is 0.00681. The van der Waals surface area contributed by atoms with Crippen LogP contribution in [0.2, 0.25) is 0 Å². The number of sulfonamides is 1. The van der Waals surface area contributed by atoms with E-state index in [4.69, 9.17) is 0 Å². The van der Waals surface area contributed by atoms with Crippen molar-refractivity contribution in [3.05, 3.63) is 30.1 Å². The molecule has 1 aromatic rings. The van der Waals surface area contributed by atoms with Gasteiger partial charge in [0.2, 0.25) is 10.0 Å². The van der Waals surface area contributed by atoms with E-state index in [2.05, 4.69) is 5.32 Å². The van der Waals surface area contributed by atoms with Gasteiger partial charge in [0.05, 0.1) is 4.90 Å². The van der Waals surface area contributed by atoms with Crippen molar-refractivity contribution < 1.29 is 12.8 Å². The number of halogens is 1. The molecule has 1 saturated heterocycles. The molecule has 116 valence electrons. The Kier molecular flexibility index (Phi) is 4.28. The highest BCUT2D eigenvalue weighted by Crippen LogP contribution is 2.33. The van der Waals surface area contributed by atoms with E-state index in [1.165, 1.54) is 24.3 Å². The van der Waals surface area contributed by atoms with Crippen LogP contribution in [0.15, 0.2) is 29.2 Å². The molecule has 6 heteroatoms. The van der Waals surface area contributed by atoms with Gasteiger partial charge in [-0.25, -0.2) is 12.8 Å². The SMILES string of the molecule is O=S(=O)(c1ccc(F)cc1)N(CC1CCNCC1)C1CC1. The molecule has 0 atom stereocenters. The van der Waals surface area contributed by atoms with Crippen LogP contribution < -0.4 is 5.32 Å². The van der Waals surface area contributed by atoms with Gasteiger partial charge in [-0.2, -0.15) is 4.31 Å². The molecule has 1 heterocycles. The Morgan fingerprint density at radius 1 is 1.10 bits per heavy atom. The molecule has 0 aromatic heterocycles. The van der Waals surface area contributed by atoms with E-state index in [1.54, 1.807) is 4.31 Å². The third kappa shape index (κ3) is 3.44. The highest BCUT2D eigenvalue weighted by molar-refractivity contribution is 7.89. The number of nitrogens with one attached hydrogen (secondary N) is 1. The minimum Gasteiger partial charge on any atom is -0.317 e. The monoisotopic (exact) mass is 312 g/mol. The molecule has 0 bridgehead atoms. The average Bonchev–Trinajstić information content (AvgIpc) is 3.31. The highest BCUT2D eigenvalue weighted by Gasteiger charge is 2.39. The van der Waals surface area contributed by atoms with Crippen LogP contribution in [0.4, 0.5) is 4.39 Å². The molecule has 3 rings (SSSR count). The molecule has 2 aliphatic rings. The number of hydrogen-bond acceptors (Lipinski definition) is 3. The lowest BCUT2D eigenvalue weighted by Crippen LogP contribution is -2.40. The summed E-state index contributed by atoms with van der Waals surface area (Å²) in [7, 11) is -3.51. The Morgan fingerprint density at radius 3 is 2.29 bits per heavy atom. The van der Waals surface area contributed by atoms with Crippen molar-refractivity contribution in [3.63, 3.8) is 0 Å². The van der Waals surface area contributed by atoms with Crippen LogP contribution in [-0.4, -0.2) is 38.4 Å². The Morgan fingerprint density at radius 2 is 1.71 bits per heavy atom. The van der Waals surface area contributed by atoms with E-state index in [9.17, 15) is 12.8 Å². The van der Waals surface area contributed by atoms with Gasteiger partial charge in [-0.3, -0.25) is 0 Å². The predicted molar refractivity (Wildman–Crippen MR) is 78.9 cm³/mol. The molecule has 21 heavy (non-hydrogen) atoms. The molecule has 1 aliphatic carbocycles. The van der Waals surface area contributed by atoms with Crippen molar-refractivity contribution in [2.24, 2.45) is 5.92 Å². The van der Waals surface area contributed by atoms with Crippen LogP contribution in [0.1, 0.15) is 25.7 Å². The Hall–Kier alpha value is -0.980. The van der Waals surface area contributed by atoms with Gasteiger partial charge in [0, 0.05) is 12.6 Å². The van der Waals surface area contributed by atoms with Crippen LogP contribution in [0.3, 0.4) is 0 Å². The molecular formula is C15H21FN2O2S. The molecule has 1 saturated carbocycles. The fourth-order valence-corrected chi connectivity index (χ4v) is 4.63. The summed E-state index contributed by atoms with van der Waals surface area (Å²) in [5, 5.41) is 3.30. The molecule has 1 aromatic carbocycles. The molecule has 2 fully saturated rings. The van der Waals surface area contributed by atoms with Crippen molar-refractivity contribution in [1.29, 1.82) is 0 Å². The standard InChI is InChI=1S/C15H21FN2O2S/c16-13-1-5-15(6-2-13)21(19,20)18(14-3-4-14)11-12-7-9-17-10-8-12/h1-2,5-6,12,14,17H,3-4,7-11H2.